The molecule has 0 unspecified atom stereocenters. The molecule has 0 fully saturated rings. The summed E-state index contributed by atoms with van der Waals surface area (Å²) in [6.45, 7) is 0.539. The number of pyridine rings is 1. The van der Waals surface area contributed by atoms with Crippen LogP contribution in [0, 0.1) is 5.92 Å². The first kappa shape index (κ1) is 17.0. The minimum atomic E-state index is -0.290. The Morgan fingerprint density at radius 1 is 1.20 bits per heavy atom. The molecule has 3 rings (SSSR count). The third-order valence-corrected chi connectivity index (χ3v) is 4.16. The number of hydrogen-bond acceptors (Lipinski definition) is 3. The number of nitrogens with one attached hydrogen (secondary N) is 2. The molecule has 2 atom stereocenters. The van der Waals surface area contributed by atoms with E-state index in [0.717, 1.165) is 5.56 Å². The van der Waals surface area contributed by atoms with Gasteiger partial charge in [-0.1, -0.05) is 30.4 Å². The number of carbonyl (C=O) groups excluding carboxylic acids is 1. The van der Waals surface area contributed by atoms with Gasteiger partial charge in [-0.25, -0.2) is 4.79 Å². The van der Waals surface area contributed by atoms with Crippen molar-refractivity contribution in [3.63, 3.8) is 0 Å². The summed E-state index contributed by atoms with van der Waals surface area (Å²) < 4.78 is 1.61. The minimum absolute atomic E-state index is 0.0648. The number of rotatable bonds is 5. The summed E-state index contributed by atoms with van der Waals surface area (Å²) in [5.41, 5.74) is 1.52. The van der Waals surface area contributed by atoms with Crippen LogP contribution in [-0.2, 0) is 6.54 Å². The lowest BCUT2D eigenvalue weighted by molar-refractivity contribution is 0.238. The zero-order chi connectivity index (χ0) is 17.6. The number of aliphatic hydroxyl groups is 1. The molecule has 0 bridgehead atoms. The number of aliphatic hydroxyl groups excluding tert-OH is 1. The van der Waals surface area contributed by atoms with E-state index in [9.17, 15) is 9.59 Å². The van der Waals surface area contributed by atoms with Crippen molar-refractivity contribution in [1.29, 1.82) is 0 Å². The van der Waals surface area contributed by atoms with Crippen LogP contribution in [0.5, 0.6) is 0 Å². The van der Waals surface area contributed by atoms with Crippen molar-refractivity contribution in [2.75, 3.05) is 11.9 Å². The van der Waals surface area contributed by atoms with Crippen LogP contribution in [0.1, 0.15) is 12.0 Å². The topological polar surface area (TPSA) is 83.4 Å². The van der Waals surface area contributed by atoms with Crippen LogP contribution < -0.4 is 16.2 Å². The average molecular weight is 339 g/mol. The number of aromatic nitrogens is 1. The number of nitrogens with zero attached hydrogens (tertiary/aromatic N) is 1. The maximum Gasteiger partial charge on any atom is 0.319 e. The molecule has 0 aliphatic heterocycles. The molecule has 6 heteroatoms. The van der Waals surface area contributed by atoms with E-state index in [1.54, 1.807) is 22.9 Å². The summed E-state index contributed by atoms with van der Waals surface area (Å²) in [5, 5.41) is 14.8. The SMILES string of the molecule is O=C(Nc1cccc(Cn2ccccc2=O)c1)N[C@@H]1C=C[C@H](CO)C1. The summed E-state index contributed by atoms with van der Waals surface area (Å²) in [4.78, 5) is 23.9. The van der Waals surface area contributed by atoms with Crippen molar-refractivity contribution in [2.24, 2.45) is 5.92 Å². The van der Waals surface area contributed by atoms with Crippen LogP contribution in [0.3, 0.4) is 0 Å². The lowest BCUT2D eigenvalue weighted by atomic mass is 10.1. The van der Waals surface area contributed by atoms with E-state index in [1.807, 2.05) is 36.4 Å². The van der Waals surface area contributed by atoms with E-state index < -0.39 is 0 Å². The monoisotopic (exact) mass is 339 g/mol. The van der Waals surface area contributed by atoms with Gasteiger partial charge < -0.3 is 20.3 Å². The Morgan fingerprint density at radius 3 is 2.84 bits per heavy atom. The van der Waals surface area contributed by atoms with Crippen molar-refractivity contribution in [3.8, 4) is 0 Å². The van der Waals surface area contributed by atoms with Gasteiger partial charge in [0.25, 0.3) is 5.56 Å². The van der Waals surface area contributed by atoms with E-state index in [1.165, 1.54) is 6.07 Å². The molecule has 25 heavy (non-hydrogen) atoms. The second kappa shape index (κ2) is 7.81. The predicted molar refractivity (Wildman–Crippen MR) is 96.5 cm³/mol. The molecule has 1 aromatic carbocycles. The zero-order valence-corrected chi connectivity index (χ0v) is 13.8. The van der Waals surface area contributed by atoms with E-state index in [4.69, 9.17) is 5.11 Å². The van der Waals surface area contributed by atoms with Gasteiger partial charge in [-0.15, -0.1) is 0 Å². The highest BCUT2D eigenvalue weighted by Gasteiger charge is 2.19. The molecule has 1 aliphatic rings. The van der Waals surface area contributed by atoms with Crippen molar-refractivity contribution in [2.45, 2.75) is 19.0 Å². The second-order valence-electron chi connectivity index (χ2n) is 6.14. The molecule has 0 radical (unpaired) electrons. The van der Waals surface area contributed by atoms with Crippen LogP contribution in [-0.4, -0.2) is 28.4 Å². The number of hydrogen-bond donors (Lipinski definition) is 3. The number of carbonyl (C=O) groups is 1. The highest BCUT2D eigenvalue weighted by atomic mass is 16.3. The van der Waals surface area contributed by atoms with Gasteiger partial charge in [-0.05, 0) is 30.2 Å². The first-order valence-electron chi connectivity index (χ1n) is 8.25. The van der Waals surface area contributed by atoms with E-state index in [0.29, 0.717) is 18.7 Å². The molecule has 0 spiro atoms. The first-order valence-corrected chi connectivity index (χ1v) is 8.25. The highest BCUT2D eigenvalue weighted by molar-refractivity contribution is 5.89. The number of urea groups is 1. The van der Waals surface area contributed by atoms with Crippen LogP contribution in [0.2, 0.25) is 0 Å². The maximum atomic E-state index is 12.1. The first-order chi connectivity index (χ1) is 12.1. The summed E-state index contributed by atoms with van der Waals surface area (Å²) >= 11 is 0. The fourth-order valence-electron chi connectivity index (χ4n) is 2.89. The molecule has 6 nitrogen and oxygen atoms in total. The Labute approximate surface area is 145 Å². The lowest BCUT2D eigenvalue weighted by Gasteiger charge is -2.14. The zero-order valence-electron chi connectivity index (χ0n) is 13.8. The Bertz CT molecular complexity index is 828. The lowest BCUT2D eigenvalue weighted by Crippen LogP contribution is -2.36. The van der Waals surface area contributed by atoms with Gasteiger partial charge in [-0.3, -0.25) is 4.79 Å². The molecule has 0 saturated carbocycles. The maximum absolute atomic E-state index is 12.1. The predicted octanol–water partition coefficient (Wildman–Crippen LogP) is 1.96. The van der Waals surface area contributed by atoms with Crippen LogP contribution >= 0.6 is 0 Å². The van der Waals surface area contributed by atoms with Crippen molar-refractivity contribution < 1.29 is 9.90 Å². The van der Waals surface area contributed by atoms with Gasteiger partial charge in [0.1, 0.15) is 0 Å². The highest BCUT2D eigenvalue weighted by Crippen LogP contribution is 2.17. The standard InChI is InChI=1S/C19H21N3O3/c23-13-15-7-8-17(11-15)21-19(25)20-16-5-3-4-14(10-16)12-22-9-2-1-6-18(22)24/h1-10,15,17,23H,11-13H2,(H2,20,21,25)/t15-,17+/m0/s1. The Morgan fingerprint density at radius 2 is 2.08 bits per heavy atom. The van der Waals surface area contributed by atoms with E-state index in [2.05, 4.69) is 10.6 Å². The Hall–Kier alpha value is -2.86. The average Bonchev–Trinajstić information content (AvgIpc) is 3.05. The Balaban J connectivity index is 1.60. The second-order valence-corrected chi connectivity index (χ2v) is 6.14. The largest absolute Gasteiger partial charge is 0.396 e. The summed E-state index contributed by atoms with van der Waals surface area (Å²) in [6.07, 6.45) is 6.27. The molecule has 3 N–H and O–H groups in total. The smallest absolute Gasteiger partial charge is 0.319 e. The third-order valence-electron chi connectivity index (χ3n) is 4.16. The summed E-state index contributed by atoms with van der Waals surface area (Å²) in [5.74, 6) is 0.109. The number of anilines is 1. The minimum Gasteiger partial charge on any atom is -0.396 e. The number of amides is 2. The van der Waals surface area contributed by atoms with Gasteiger partial charge in [0.2, 0.25) is 0 Å². The van der Waals surface area contributed by atoms with Gasteiger partial charge >= 0.3 is 6.03 Å². The molecule has 2 amide bonds. The molecule has 2 aromatic rings. The normalized spacial score (nSPS) is 18.9. The van der Waals surface area contributed by atoms with E-state index >= 15 is 0 Å². The molecular weight excluding hydrogens is 318 g/mol. The van der Waals surface area contributed by atoms with Crippen molar-refractivity contribution >= 4 is 11.7 Å². The number of benzene rings is 1. The van der Waals surface area contributed by atoms with Crippen LogP contribution in [0.15, 0.2) is 65.6 Å². The van der Waals surface area contributed by atoms with Crippen molar-refractivity contribution in [1.82, 2.24) is 9.88 Å². The Kier molecular flexibility index (Phi) is 5.30. The molecule has 1 aliphatic carbocycles. The molecular formula is C19H21N3O3. The van der Waals surface area contributed by atoms with E-state index in [-0.39, 0.29) is 30.2 Å². The molecule has 1 heterocycles. The third kappa shape index (κ3) is 4.58. The van der Waals surface area contributed by atoms with Crippen LogP contribution in [0.25, 0.3) is 0 Å². The van der Waals surface area contributed by atoms with Crippen molar-refractivity contribution in [3.05, 3.63) is 76.7 Å². The molecule has 130 valence electrons. The van der Waals surface area contributed by atoms with Gasteiger partial charge in [0.15, 0.2) is 0 Å². The van der Waals surface area contributed by atoms with Gasteiger partial charge in [0.05, 0.1) is 6.54 Å². The summed E-state index contributed by atoms with van der Waals surface area (Å²) in [6, 6.07) is 12.1. The molecule has 1 aromatic heterocycles. The fourth-order valence-corrected chi connectivity index (χ4v) is 2.89. The quantitative estimate of drug-likeness (QED) is 0.728. The van der Waals surface area contributed by atoms with Crippen LogP contribution in [0.4, 0.5) is 10.5 Å². The fraction of sp³-hybridized carbons (Fsp3) is 0.263. The summed E-state index contributed by atoms with van der Waals surface area (Å²) in [7, 11) is 0. The molecule has 0 saturated heterocycles. The van der Waals surface area contributed by atoms with Gasteiger partial charge in [0, 0.05) is 36.5 Å². The van der Waals surface area contributed by atoms with Gasteiger partial charge in [-0.2, -0.15) is 0 Å².